The van der Waals surface area contributed by atoms with Crippen LogP contribution in [0.2, 0.25) is 0 Å². The van der Waals surface area contributed by atoms with Crippen molar-refractivity contribution >= 4 is 35.3 Å². The molecule has 0 unspecified atom stereocenters. The molecule has 3 nitrogen and oxygen atoms in total. The molecule has 1 fully saturated rings. The lowest BCUT2D eigenvalue weighted by molar-refractivity contribution is -0.141. The highest BCUT2D eigenvalue weighted by molar-refractivity contribution is 8.00. The fraction of sp³-hybridized carbons (Fsp3) is 0.500. The van der Waals surface area contributed by atoms with Crippen molar-refractivity contribution in [3.05, 3.63) is 29.8 Å². The van der Waals surface area contributed by atoms with E-state index in [9.17, 15) is 9.59 Å². The van der Waals surface area contributed by atoms with E-state index < -0.39 is 0 Å². The van der Waals surface area contributed by atoms with Crippen LogP contribution >= 0.6 is 23.5 Å². The quantitative estimate of drug-likeness (QED) is 0.415. The largest absolute Gasteiger partial charge is 0.469 e. The molecule has 0 N–H and O–H groups in total. The summed E-state index contributed by atoms with van der Waals surface area (Å²) in [4.78, 5) is 24.6. The Morgan fingerprint density at radius 1 is 1.24 bits per heavy atom. The lowest BCUT2D eigenvalue weighted by atomic mass is 10.1. The Hall–Kier alpha value is -0.940. The van der Waals surface area contributed by atoms with Crippen LogP contribution in [-0.4, -0.2) is 36.6 Å². The predicted octanol–water partition coefficient (Wildman–Crippen LogP) is 3.67. The molecule has 114 valence electrons. The van der Waals surface area contributed by atoms with Crippen LogP contribution in [0.3, 0.4) is 0 Å². The Labute approximate surface area is 134 Å². The number of carbonyl (C=O) groups excluding carboxylic acids is 2. The van der Waals surface area contributed by atoms with Gasteiger partial charge in [0.25, 0.3) is 0 Å². The molecule has 1 aliphatic rings. The number of benzene rings is 1. The van der Waals surface area contributed by atoms with Crippen LogP contribution < -0.4 is 0 Å². The molecule has 0 aromatic heterocycles. The van der Waals surface area contributed by atoms with Gasteiger partial charge in [0.05, 0.1) is 19.3 Å². The number of thioether (sulfide) groups is 2. The Kier molecular flexibility index (Phi) is 5.76. The summed E-state index contributed by atoms with van der Waals surface area (Å²) in [7, 11) is 1.42. The van der Waals surface area contributed by atoms with Crippen molar-refractivity contribution < 1.29 is 14.3 Å². The van der Waals surface area contributed by atoms with Crippen LogP contribution in [0.4, 0.5) is 0 Å². The minimum Gasteiger partial charge on any atom is -0.469 e. The van der Waals surface area contributed by atoms with E-state index in [4.69, 9.17) is 4.74 Å². The highest BCUT2D eigenvalue weighted by Crippen LogP contribution is 2.51. The first-order valence-corrected chi connectivity index (χ1v) is 9.28. The number of Topliss-reactive ketones (excluding diaryl/α,β-unsaturated/α-hetero) is 1. The summed E-state index contributed by atoms with van der Waals surface area (Å²) in [6, 6.07) is 7.72. The molecule has 1 aliphatic carbocycles. The number of ketones is 1. The summed E-state index contributed by atoms with van der Waals surface area (Å²) in [6.45, 7) is 0. The third-order valence-electron chi connectivity index (χ3n) is 3.76. The molecular formula is C16H20O3S2. The predicted molar refractivity (Wildman–Crippen MR) is 88.2 cm³/mol. The van der Waals surface area contributed by atoms with E-state index in [0.717, 1.165) is 29.1 Å². The summed E-state index contributed by atoms with van der Waals surface area (Å²) in [5.74, 6) is 1.34. The third kappa shape index (κ3) is 4.78. The molecule has 0 radical (unpaired) electrons. The number of rotatable bonds is 8. The Balaban J connectivity index is 1.77. The first-order valence-electron chi connectivity index (χ1n) is 6.90. The molecule has 0 atom stereocenters. The van der Waals surface area contributed by atoms with E-state index in [1.165, 1.54) is 7.11 Å². The fourth-order valence-corrected chi connectivity index (χ4v) is 3.83. The van der Waals surface area contributed by atoms with Crippen molar-refractivity contribution in [2.75, 3.05) is 24.9 Å². The van der Waals surface area contributed by atoms with Crippen LogP contribution in [0, 0.1) is 5.41 Å². The van der Waals surface area contributed by atoms with Gasteiger partial charge in [-0.2, -0.15) is 11.8 Å². The molecule has 1 aromatic carbocycles. The van der Waals surface area contributed by atoms with Crippen molar-refractivity contribution in [2.45, 2.75) is 24.2 Å². The zero-order valence-electron chi connectivity index (χ0n) is 12.4. The third-order valence-corrected chi connectivity index (χ3v) is 5.78. The van der Waals surface area contributed by atoms with Gasteiger partial charge in [-0.05, 0) is 42.4 Å². The van der Waals surface area contributed by atoms with Crippen molar-refractivity contribution in [1.82, 2.24) is 0 Å². The maximum Gasteiger partial charge on any atom is 0.306 e. The lowest BCUT2D eigenvalue weighted by Gasteiger charge is -2.12. The zero-order valence-corrected chi connectivity index (χ0v) is 14.0. The molecule has 2 rings (SSSR count). The summed E-state index contributed by atoms with van der Waals surface area (Å²) in [5, 5.41) is 0. The first kappa shape index (κ1) is 16.4. The molecular weight excluding hydrogens is 304 g/mol. The molecule has 0 saturated heterocycles. The smallest absolute Gasteiger partial charge is 0.306 e. The van der Waals surface area contributed by atoms with E-state index >= 15 is 0 Å². The van der Waals surface area contributed by atoms with Crippen LogP contribution in [0.15, 0.2) is 29.2 Å². The van der Waals surface area contributed by atoms with Crippen LogP contribution in [0.1, 0.15) is 29.6 Å². The number of esters is 1. The van der Waals surface area contributed by atoms with Crippen LogP contribution in [0.25, 0.3) is 0 Å². The number of ether oxygens (including phenoxy) is 1. The summed E-state index contributed by atoms with van der Waals surface area (Å²) in [5.41, 5.74) is 0.846. The van der Waals surface area contributed by atoms with Crippen molar-refractivity contribution in [3.8, 4) is 0 Å². The lowest BCUT2D eigenvalue weighted by Crippen LogP contribution is -2.14. The van der Waals surface area contributed by atoms with E-state index in [0.29, 0.717) is 12.2 Å². The second kappa shape index (κ2) is 7.36. The van der Waals surface area contributed by atoms with E-state index in [1.54, 1.807) is 23.5 Å². The fourth-order valence-electron chi connectivity index (χ4n) is 2.15. The van der Waals surface area contributed by atoms with Gasteiger partial charge < -0.3 is 4.74 Å². The molecule has 1 saturated carbocycles. The summed E-state index contributed by atoms with van der Waals surface area (Å²) in [6.07, 6.45) is 4.62. The molecule has 0 heterocycles. The topological polar surface area (TPSA) is 43.4 Å². The number of carbonyl (C=O) groups is 2. The Morgan fingerprint density at radius 3 is 2.43 bits per heavy atom. The molecule has 5 heteroatoms. The monoisotopic (exact) mass is 324 g/mol. The van der Waals surface area contributed by atoms with E-state index in [-0.39, 0.29) is 17.2 Å². The molecule has 0 bridgehead atoms. The van der Waals surface area contributed by atoms with Gasteiger partial charge in [-0.1, -0.05) is 12.1 Å². The second-order valence-electron chi connectivity index (χ2n) is 5.40. The van der Waals surface area contributed by atoms with Gasteiger partial charge in [0.15, 0.2) is 5.78 Å². The standard InChI is InChI=1S/C16H20O3S2/c1-19-15(18)9-16(7-8-16)11-21-10-14(17)12-3-5-13(20-2)6-4-12/h3-6H,7-11H2,1-2H3. The van der Waals surface area contributed by atoms with Gasteiger partial charge in [-0.3, -0.25) is 9.59 Å². The maximum absolute atomic E-state index is 12.1. The molecule has 0 aliphatic heterocycles. The zero-order chi connectivity index (χ0) is 15.3. The average Bonchev–Trinajstić information content (AvgIpc) is 3.26. The number of hydrogen-bond acceptors (Lipinski definition) is 5. The first-order chi connectivity index (χ1) is 10.1. The number of methoxy groups -OCH3 is 1. The summed E-state index contributed by atoms with van der Waals surface area (Å²) < 4.78 is 4.73. The second-order valence-corrected chi connectivity index (χ2v) is 7.26. The van der Waals surface area contributed by atoms with Crippen molar-refractivity contribution in [1.29, 1.82) is 0 Å². The summed E-state index contributed by atoms with van der Waals surface area (Å²) >= 11 is 3.29. The van der Waals surface area contributed by atoms with Gasteiger partial charge >= 0.3 is 5.97 Å². The minimum atomic E-state index is -0.146. The average molecular weight is 324 g/mol. The maximum atomic E-state index is 12.1. The molecule has 21 heavy (non-hydrogen) atoms. The van der Waals surface area contributed by atoms with Crippen molar-refractivity contribution in [2.24, 2.45) is 5.41 Å². The van der Waals surface area contributed by atoms with Gasteiger partial charge in [0.1, 0.15) is 0 Å². The molecule has 0 amide bonds. The number of hydrogen-bond donors (Lipinski definition) is 0. The Morgan fingerprint density at radius 2 is 1.90 bits per heavy atom. The highest BCUT2D eigenvalue weighted by Gasteiger charge is 2.44. The van der Waals surface area contributed by atoms with Crippen molar-refractivity contribution in [3.63, 3.8) is 0 Å². The van der Waals surface area contributed by atoms with Gasteiger partial charge in [-0.25, -0.2) is 0 Å². The normalized spacial score (nSPS) is 15.5. The van der Waals surface area contributed by atoms with E-state index in [2.05, 4.69) is 0 Å². The molecule has 1 aromatic rings. The van der Waals surface area contributed by atoms with Gasteiger partial charge in [0.2, 0.25) is 0 Å². The van der Waals surface area contributed by atoms with Crippen LogP contribution in [0.5, 0.6) is 0 Å². The minimum absolute atomic E-state index is 0.0841. The van der Waals surface area contributed by atoms with Crippen LogP contribution in [-0.2, 0) is 9.53 Å². The van der Waals surface area contributed by atoms with Gasteiger partial charge in [0, 0.05) is 10.5 Å². The Bertz CT molecular complexity index is 507. The van der Waals surface area contributed by atoms with E-state index in [1.807, 2.05) is 30.5 Å². The van der Waals surface area contributed by atoms with Gasteiger partial charge in [-0.15, -0.1) is 11.8 Å². The molecule has 0 spiro atoms. The SMILES string of the molecule is COC(=O)CC1(CSCC(=O)c2ccc(SC)cc2)CC1. The highest BCUT2D eigenvalue weighted by atomic mass is 32.2.